The van der Waals surface area contributed by atoms with Gasteiger partial charge in [0.15, 0.2) is 11.1 Å². The van der Waals surface area contributed by atoms with Gasteiger partial charge in [0.2, 0.25) is 0 Å². The summed E-state index contributed by atoms with van der Waals surface area (Å²) in [6.07, 6.45) is 0. The first-order valence-corrected chi connectivity index (χ1v) is 2.58. The van der Waals surface area contributed by atoms with Crippen LogP contribution in [0.5, 0.6) is 5.75 Å². The van der Waals surface area contributed by atoms with Gasteiger partial charge in [-0.2, -0.15) is 0 Å². The topological polar surface area (TPSA) is 38.7 Å². The zero-order chi connectivity index (χ0) is 7.40. The number of hydrogen-bond acceptors (Lipinski definition) is 3. The predicted octanol–water partition coefficient (Wildman–Crippen LogP) is 1.89. The summed E-state index contributed by atoms with van der Waals surface area (Å²) in [5, 5.41) is 2.16. The maximum Gasteiger partial charge on any atom is 0.161 e. The minimum absolute atomic E-state index is 0.233. The summed E-state index contributed by atoms with van der Waals surface area (Å²) >= 11 is 0. The lowest BCUT2D eigenvalue weighted by molar-refractivity contribution is 0.334. The van der Waals surface area contributed by atoms with Crippen LogP contribution in [0.15, 0.2) is 29.6 Å². The standard InChI is InChI=1S/C6H4FNO2/c7-5-1-3-6(4-2-5)10-8-9/h1-4H. The van der Waals surface area contributed by atoms with Gasteiger partial charge < -0.3 is 4.84 Å². The Hall–Kier alpha value is -1.45. The first kappa shape index (κ1) is 6.67. The van der Waals surface area contributed by atoms with E-state index in [1.807, 2.05) is 0 Å². The molecule has 0 unspecified atom stereocenters. The Morgan fingerprint density at radius 1 is 1.30 bits per heavy atom. The minimum Gasteiger partial charge on any atom is -0.324 e. The number of benzene rings is 1. The first-order chi connectivity index (χ1) is 4.83. The van der Waals surface area contributed by atoms with E-state index in [0.29, 0.717) is 0 Å². The van der Waals surface area contributed by atoms with Gasteiger partial charge >= 0.3 is 0 Å². The molecule has 52 valence electrons. The number of hydrogen-bond donors (Lipinski definition) is 0. The zero-order valence-electron chi connectivity index (χ0n) is 4.95. The fourth-order valence-electron chi connectivity index (χ4n) is 0.538. The van der Waals surface area contributed by atoms with Crippen molar-refractivity contribution in [2.75, 3.05) is 0 Å². The van der Waals surface area contributed by atoms with Gasteiger partial charge in [-0.3, -0.25) is 0 Å². The Kier molecular flexibility index (Phi) is 1.94. The molecule has 0 atom stereocenters. The zero-order valence-corrected chi connectivity index (χ0v) is 4.95. The van der Waals surface area contributed by atoms with Crippen molar-refractivity contribution >= 4 is 0 Å². The van der Waals surface area contributed by atoms with E-state index in [1.165, 1.54) is 24.3 Å². The van der Waals surface area contributed by atoms with Gasteiger partial charge in [-0.05, 0) is 24.3 Å². The summed E-state index contributed by atoms with van der Waals surface area (Å²) in [5.41, 5.74) is 0. The van der Waals surface area contributed by atoms with Crippen molar-refractivity contribution in [3.05, 3.63) is 35.0 Å². The average Bonchev–Trinajstić information content (AvgIpc) is 1.95. The molecule has 0 spiro atoms. The van der Waals surface area contributed by atoms with E-state index in [-0.39, 0.29) is 11.6 Å². The van der Waals surface area contributed by atoms with E-state index in [1.54, 1.807) is 0 Å². The molecule has 3 nitrogen and oxygen atoms in total. The highest BCUT2D eigenvalue weighted by Gasteiger charge is 1.92. The molecule has 0 amide bonds. The molecule has 1 aromatic rings. The lowest BCUT2D eigenvalue weighted by Gasteiger charge is -1.91. The van der Waals surface area contributed by atoms with Gasteiger partial charge in [0.25, 0.3) is 0 Å². The Morgan fingerprint density at radius 2 is 1.90 bits per heavy atom. The van der Waals surface area contributed by atoms with Crippen LogP contribution in [0.25, 0.3) is 0 Å². The molecule has 0 heterocycles. The van der Waals surface area contributed by atoms with Crippen molar-refractivity contribution in [1.29, 1.82) is 0 Å². The largest absolute Gasteiger partial charge is 0.324 e. The summed E-state index contributed by atoms with van der Waals surface area (Å²) in [7, 11) is 0. The first-order valence-electron chi connectivity index (χ1n) is 2.58. The second kappa shape index (κ2) is 2.91. The van der Waals surface area contributed by atoms with Gasteiger partial charge in [0, 0.05) is 0 Å². The molecule has 1 rings (SSSR count). The predicted molar refractivity (Wildman–Crippen MR) is 32.8 cm³/mol. The third-order valence-electron chi connectivity index (χ3n) is 0.956. The minimum atomic E-state index is -0.377. The Balaban J connectivity index is 2.78. The van der Waals surface area contributed by atoms with E-state index >= 15 is 0 Å². The van der Waals surface area contributed by atoms with Crippen LogP contribution in [-0.2, 0) is 0 Å². The molecule has 0 bridgehead atoms. The highest BCUT2D eigenvalue weighted by atomic mass is 19.1. The van der Waals surface area contributed by atoms with Crippen molar-refractivity contribution in [2.24, 2.45) is 5.34 Å². The normalized spacial score (nSPS) is 8.90. The average molecular weight is 141 g/mol. The van der Waals surface area contributed by atoms with Gasteiger partial charge in [-0.1, -0.05) is 0 Å². The fourth-order valence-corrected chi connectivity index (χ4v) is 0.538. The van der Waals surface area contributed by atoms with Gasteiger partial charge in [-0.25, -0.2) is 4.39 Å². The van der Waals surface area contributed by atoms with Crippen LogP contribution in [0, 0.1) is 10.7 Å². The third-order valence-corrected chi connectivity index (χ3v) is 0.956. The van der Waals surface area contributed by atoms with Crippen LogP contribution in [0.4, 0.5) is 4.39 Å². The van der Waals surface area contributed by atoms with E-state index in [2.05, 4.69) is 10.2 Å². The van der Waals surface area contributed by atoms with E-state index < -0.39 is 0 Å². The van der Waals surface area contributed by atoms with Crippen molar-refractivity contribution in [1.82, 2.24) is 0 Å². The van der Waals surface area contributed by atoms with Crippen LogP contribution in [0.1, 0.15) is 0 Å². The Morgan fingerprint density at radius 3 is 2.40 bits per heavy atom. The highest BCUT2D eigenvalue weighted by Crippen LogP contribution is 2.10. The molecular weight excluding hydrogens is 137 g/mol. The molecule has 0 N–H and O–H groups in total. The molecule has 0 fully saturated rings. The van der Waals surface area contributed by atoms with Gasteiger partial charge in [0.05, 0.1) is 0 Å². The van der Waals surface area contributed by atoms with Crippen LogP contribution < -0.4 is 4.84 Å². The molecule has 0 radical (unpaired) electrons. The molecule has 1 aromatic carbocycles. The van der Waals surface area contributed by atoms with Crippen molar-refractivity contribution in [3.63, 3.8) is 0 Å². The van der Waals surface area contributed by atoms with E-state index in [4.69, 9.17) is 0 Å². The maximum absolute atomic E-state index is 12.2. The second-order valence-corrected chi connectivity index (χ2v) is 1.62. The molecule has 0 saturated heterocycles. The molecule has 0 aromatic heterocycles. The summed E-state index contributed by atoms with van der Waals surface area (Å²) in [4.78, 5) is 13.7. The van der Waals surface area contributed by atoms with E-state index in [9.17, 15) is 9.30 Å². The molecule has 10 heavy (non-hydrogen) atoms. The van der Waals surface area contributed by atoms with Crippen LogP contribution in [0.3, 0.4) is 0 Å². The smallest absolute Gasteiger partial charge is 0.161 e. The monoisotopic (exact) mass is 141 g/mol. The number of nitrogens with zero attached hydrogens (tertiary/aromatic N) is 1. The summed E-state index contributed by atoms with van der Waals surface area (Å²) < 4.78 is 12.2. The maximum atomic E-state index is 12.2. The molecule has 0 saturated carbocycles. The molecule has 4 heteroatoms. The van der Waals surface area contributed by atoms with Crippen LogP contribution in [0.2, 0.25) is 0 Å². The quantitative estimate of drug-likeness (QED) is 0.466. The number of halogens is 1. The Labute approximate surface area is 56.4 Å². The fraction of sp³-hybridized carbons (Fsp3) is 0. The molecule has 0 aliphatic rings. The SMILES string of the molecule is O=NOc1ccc(F)cc1. The van der Waals surface area contributed by atoms with Crippen molar-refractivity contribution < 1.29 is 9.23 Å². The lowest BCUT2D eigenvalue weighted by Crippen LogP contribution is -1.79. The van der Waals surface area contributed by atoms with Crippen LogP contribution in [-0.4, -0.2) is 0 Å². The van der Waals surface area contributed by atoms with E-state index in [0.717, 1.165) is 0 Å². The summed E-state index contributed by atoms with van der Waals surface area (Å²) in [6, 6.07) is 4.99. The van der Waals surface area contributed by atoms with Crippen LogP contribution >= 0.6 is 0 Å². The lowest BCUT2D eigenvalue weighted by atomic mass is 10.3. The molecule has 0 aliphatic heterocycles. The number of rotatable bonds is 2. The highest BCUT2D eigenvalue weighted by molar-refractivity contribution is 5.21. The molecular formula is C6H4FNO2. The van der Waals surface area contributed by atoms with Gasteiger partial charge in [0.1, 0.15) is 5.82 Å². The Bertz CT molecular complexity index is 222. The van der Waals surface area contributed by atoms with Gasteiger partial charge in [-0.15, -0.1) is 4.91 Å². The second-order valence-electron chi connectivity index (χ2n) is 1.62. The summed E-state index contributed by atoms with van der Waals surface area (Å²) in [5.74, 6) is -0.144. The summed E-state index contributed by atoms with van der Waals surface area (Å²) in [6.45, 7) is 0. The van der Waals surface area contributed by atoms with Crippen molar-refractivity contribution in [2.45, 2.75) is 0 Å². The van der Waals surface area contributed by atoms with Crippen molar-refractivity contribution in [3.8, 4) is 5.75 Å². The third kappa shape index (κ3) is 1.51. The molecule has 0 aliphatic carbocycles.